The van der Waals surface area contributed by atoms with Crippen LogP contribution < -0.4 is 20.1 Å². The van der Waals surface area contributed by atoms with Crippen LogP contribution in [0.2, 0.25) is 0 Å². The number of methoxy groups -OCH3 is 2. The molecule has 1 aliphatic heterocycles. The number of ether oxygens (including phenoxy) is 2. The summed E-state index contributed by atoms with van der Waals surface area (Å²) in [6.07, 6.45) is 1.23. The van der Waals surface area contributed by atoms with Crippen molar-refractivity contribution in [1.82, 2.24) is 20.4 Å². The van der Waals surface area contributed by atoms with E-state index in [1.54, 1.807) is 24.6 Å². The van der Waals surface area contributed by atoms with Gasteiger partial charge in [-0.15, -0.1) is 10.2 Å². The van der Waals surface area contributed by atoms with Gasteiger partial charge in [0.05, 0.1) is 20.3 Å². The van der Waals surface area contributed by atoms with E-state index in [4.69, 9.17) is 9.47 Å². The van der Waals surface area contributed by atoms with Gasteiger partial charge >= 0.3 is 6.03 Å². The lowest BCUT2D eigenvalue weighted by atomic mass is 9.96. The van der Waals surface area contributed by atoms with E-state index in [9.17, 15) is 9.59 Å². The average molecular weight is 434 g/mol. The van der Waals surface area contributed by atoms with Crippen LogP contribution in [0.15, 0.2) is 17.6 Å². The molecule has 1 aliphatic rings. The summed E-state index contributed by atoms with van der Waals surface area (Å²) in [6, 6.07) is 3.46. The monoisotopic (exact) mass is 433 g/mol. The SMILES string of the molecule is COc1cc(C)c(C(C)NC(=O)N2CCC(C(=O)Nc3nncs3)CC2)cc1OC. The van der Waals surface area contributed by atoms with E-state index >= 15 is 0 Å². The molecule has 30 heavy (non-hydrogen) atoms. The molecule has 2 N–H and O–H groups in total. The molecule has 9 nitrogen and oxygen atoms in total. The summed E-state index contributed by atoms with van der Waals surface area (Å²) in [5, 5.41) is 13.9. The number of piperidine rings is 1. The van der Waals surface area contributed by atoms with Crippen molar-refractivity contribution in [3.8, 4) is 11.5 Å². The zero-order valence-electron chi connectivity index (χ0n) is 17.6. The summed E-state index contributed by atoms with van der Waals surface area (Å²) < 4.78 is 10.7. The number of nitrogens with one attached hydrogen (secondary N) is 2. The minimum absolute atomic E-state index is 0.0684. The van der Waals surface area contributed by atoms with Crippen molar-refractivity contribution in [3.63, 3.8) is 0 Å². The van der Waals surface area contributed by atoms with Crippen LogP contribution in [0.25, 0.3) is 0 Å². The predicted octanol–water partition coefficient (Wildman–Crippen LogP) is 2.99. The molecule has 0 saturated carbocycles. The van der Waals surface area contributed by atoms with Crippen LogP contribution in [-0.4, -0.2) is 54.3 Å². The molecule has 2 heterocycles. The van der Waals surface area contributed by atoms with E-state index in [2.05, 4.69) is 20.8 Å². The molecule has 1 saturated heterocycles. The lowest BCUT2D eigenvalue weighted by Crippen LogP contribution is -2.46. The first-order valence-electron chi connectivity index (χ1n) is 9.78. The third-order valence-corrected chi connectivity index (χ3v) is 5.93. The smallest absolute Gasteiger partial charge is 0.317 e. The standard InChI is InChI=1S/C20H27N5O4S/c1-12-9-16(28-3)17(29-4)10-15(12)13(2)22-20(27)25-7-5-14(6-8-25)18(26)23-19-24-21-11-30-19/h9-11,13-14H,5-8H2,1-4H3,(H,22,27)(H,23,24,26). The first kappa shape index (κ1) is 21.8. The Hall–Kier alpha value is -2.88. The normalized spacial score (nSPS) is 15.4. The van der Waals surface area contributed by atoms with E-state index in [-0.39, 0.29) is 23.9 Å². The Balaban J connectivity index is 1.55. The number of aromatic nitrogens is 2. The van der Waals surface area contributed by atoms with Gasteiger partial charge < -0.3 is 25.0 Å². The van der Waals surface area contributed by atoms with Gasteiger partial charge in [0, 0.05) is 19.0 Å². The Labute approximate surface area is 179 Å². The molecular formula is C20H27N5O4S. The third kappa shape index (κ3) is 4.99. The van der Waals surface area contributed by atoms with E-state index in [1.165, 1.54) is 11.3 Å². The van der Waals surface area contributed by atoms with Crippen LogP contribution in [0.3, 0.4) is 0 Å². The molecule has 3 amide bonds. The lowest BCUT2D eigenvalue weighted by molar-refractivity contribution is -0.121. The largest absolute Gasteiger partial charge is 0.493 e. The van der Waals surface area contributed by atoms with Gasteiger partial charge in [-0.2, -0.15) is 0 Å². The second-order valence-corrected chi connectivity index (χ2v) is 8.06. The predicted molar refractivity (Wildman–Crippen MR) is 114 cm³/mol. The molecule has 1 unspecified atom stereocenters. The second kappa shape index (κ2) is 9.75. The van der Waals surface area contributed by atoms with Crippen molar-refractivity contribution >= 4 is 28.4 Å². The lowest BCUT2D eigenvalue weighted by Gasteiger charge is -2.32. The average Bonchev–Trinajstić information content (AvgIpc) is 3.26. The van der Waals surface area contributed by atoms with Crippen LogP contribution in [-0.2, 0) is 4.79 Å². The Morgan fingerprint density at radius 1 is 1.20 bits per heavy atom. The zero-order valence-corrected chi connectivity index (χ0v) is 18.4. The van der Waals surface area contributed by atoms with Crippen LogP contribution >= 0.6 is 11.3 Å². The molecular weight excluding hydrogens is 406 g/mol. The number of amides is 3. The van der Waals surface area contributed by atoms with Gasteiger partial charge in [0.15, 0.2) is 11.5 Å². The number of likely N-dealkylation sites (tertiary alicyclic amines) is 1. The highest BCUT2D eigenvalue weighted by Crippen LogP contribution is 2.33. The van der Waals surface area contributed by atoms with E-state index < -0.39 is 0 Å². The molecule has 1 fully saturated rings. The van der Waals surface area contributed by atoms with Crippen molar-refractivity contribution < 1.29 is 19.1 Å². The molecule has 0 aliphatic carbocycles. The van der Waals surface area contributed by atoms with Gasteiger partial charge in [-0.3, -0.25) is 4.79 Å². The molecule has 162 valence electrons. The molecule has 0 bridgehead atoms. The van der Waals surface area contributed by atoms with Crippen molar-refractivity contribution in [2.75, 3.05) is 32.6 Å². The topological polar surface area (TPSA) is 106 Å². The summed E-state index contributed by atoms with van der Waals surface area (Å²) in [5.74, 6) is 1.08. The molecule has 1 atom stereocenters. The minimum Gasteiger partial charge on any atom is -0.493 e. The maximum absolute atomic E-state index is 12.7. The number of carbonyl (C=O) groups is 2. The number of aryl methyl sites for hydroxylation is 1. The molecule has 10 heteroatoms. The molecule has 3 rings (SSSR count). The molecule has 0 radical (unpaired) electrons. The fourth-order valence-corrected chi connectivity index (χ4v) is 4.04. The Morgan fingerprint density at radius 3 is 2.47 bits per heavy atom. The van der Waals surface area contributed by atoms with Crippen molar-refractivity contribution in [3.05, 3.63) is 28.8 Å². The number of benzene rings is 1. The quantitative estimate of drug-likeness (QED) is 0.726. The number of urea groups is 1. The molecule has 1 aromatic heterocycles. The van der Waals surface area contributed by atoms with Gasteiger partial charge in [-0.1, -0.05) is 11.3 Å². The number of hydrogen-bond donors (Lipinski definition) is 2. The fourth-order valence-electron chi connectivity index (χ4n) is 3.60. The van der Waals surface area contributed by atoms with Crippen molar-refractivity contribution in [2.24, 2.45) is 5.92 Å². The summed E-state index contributed by atoms with van der Waals surface area (Å²) in [6.45, 7) is 4.96. The summed E-state index contributed by atoms with van der Waals surface area (Å²) in [7, 11) is 3.19. The van der Waals surface area contributed by atoms with Crippen molar-refractivity contribution in [2.45, 2.75) is 32.7 Å². The van der Waals surface area contributed by atoms with Crippen LogP contribution in [0, 0.1) is 12.8 Å². The third-order valence-electron chi connectivity index (χ3n) is 5.32. The highest BCUT2D eigenvalue weighted by Gasteiger charge is 2.28. The minimum atomic E-state index is -0.198. The molecule has 1 aromatic carbocycles. The number of nitrogens with zero attached hydrogens (tertiary/aromatic N) is 3. The Kier molecular flexibility index (Phi) is 7.09. The van der Waals surface area contributed by atoms with Gasteiger partial charge in [-0.05, 0) is 49.9 Å². The van der Waals surface area contributed by atoms with Gasteiger partial charge in [0.25, 0.3) is 0 Å². The maximum Gasteiger partial charge on any atom is 0.317 e. The van der Waals surface area contributed by atoms with Crippen LogP contribution in [0.4, 0.5) is 9.93 Å². The Morgan fingerprint density at radius 2 is 1.87 bits per heavy atom. The number of carbonyl (C=O) groups excluding carboxylic acids is 2. The maximum atomic E-state index is 12.7. The van der Waals surface area contributed by atoms with E-state index in [0.29, 0.717) is 42.6 Å². The summed E-state index contributed by atoms with van der Waals surface area (Å²) in [4.78, 5) is 26.8. The molecule has 2 aromatic rings. The zero-order chi connectivity index (χ0) is 21.7. The fraction of sp³-hybridized carbons (Fsp3) is 0.500. The number of anilines is 1. The van der Waals surface area contributed by atoms with Crippen LogP contribution in [0.1, 0.15) is 36.9 Å². The van der Waals surface area contributed by atoms with Gasteiger partial charge in [0.2, 0.25) is 11.0 Å². The summed E-state index contributed by atoms with van der Waals surface area (Å²) >= 11 is 1.29. The Bertz CT molecular complexity index is 882. The van der Waals surface area contributed by atoms with Gasteiger partial charge in [0.1, 0.15) is 5.51 Å². The highest BCUT2D eigenvalue weighted by atomic mass is 32.1. The van der Waals surface area contributed by atoms with Gasteiger partial charge in [-0.25, -0.2) is 4.79 Å². The van der Waals surface area contributed by atoms with Crippen LogP contribution in [0.5, 0.6) is 11.5 Å². The first-order valence-corrected chi connectivity index (χ1v) is 10.7. The van der Waals surface area contributed by atoms with Crippen molar-refractivity contribution in [1.29, 1.82) is 0 Å². The summed E-state index contributed by atoms with van der Waals surface area (Å²) in [5.41, 5.74) is 3.55. The van der Waals surface area contributed by atoms with E-state index in [0.717, 1.165) is 11.1 Å². The second-order valence-electron chi connectivity index (χ2n) is 7.23. The number of hydrogen-bond acceptors (Lipinski definition) is 7. The highest BCUT2D eigenvalue weighted by molar-refractivity contribution is 7.13. The van der Waals surface area contributed by atoms with E-state index in [1.807, 2.05) is 26.0 Å². The number of rotatable bonds is 6. The molecule has 0 spiro atoms. The first-order chi connectivity index (χ1) is 14.4.